The molecule has 0 aliphatic heterocycles. The van der Waals surface area contributed by atoms with Crippen LogP contribution in [0.3, 0.4) is 0 Å². The van der Waals surface area contributed by atoms with Crippen LogP contribution in [-0.2, 0) is 0 Å². The molecule has 1 aromatic carbocycles. The molecule has 0 saturated heterocycles. The van der Waals surface area contributed by atoms with Gasteiger partial charge in [0.1, 0.15) is 0 Å². The third-order valence-electron chi connectivity index (χ3n) is 1.09. The summed E-state index contributed by atoms with van der Waals surface area (Å²) >= 11 is 1.71. The Morgan fingerprint density at radius 3 is 1.00 bits per heavy atom. The van der Waals surface area contributed by atoms with Crippen LogP contribution in [0.15, 0.2) is 59.3 Å². The second kappa shape index (κ2) is 5.69. The molecular formula is C10H10S. The van der Waals surface area contributed by atoms with Crippen LogP contribution < -0.4 is 0 Å². The van der Waals surface area contributed by atoms with E-state index in [4.69, 9.17) is 0 Å². The maximum atomic E-state index is 2.04. The lowest BCUT2D eigenvalue weighted by molar-refractivity contribution is 1.72. The number of hydrogen-bond acceptors (Lipinski definition) is 1. The summed E-state index contributed by atoms with van der Waals surface area (Å²) in [4.78, 5) is 0. The topological polar surface area (TPSA) is 0 Å². The zero-order valence-electron chi connectivity index (χ0n) is 6.18. The van der Waals surface area contributed by atoms with E-state index >= 15 is 0 Å². The maximum absolute atomic E-state index is 2.04. The van der Waals surface area contributed by atoms with E-state index in [1.807, 2.05) is 59.3 Å². The number of benzene rings is 1. The molecule has 1 heteroatoms. The van der Waals surface area contributed by atoms with Crippen molar-refractivity contribution >= 4 is 11.3 Å². The summed E-state index contributed by atoms with van der Waals surface area (Å²) in [6.07, 6.45) is 0. The second-order valence-electron chi connectivity index (χ2n) is 1.95. The van der Waals surface area contributed by atoms with Crippen molar-refractivity contribution in [1.29, 1.82) is 0 Å². The van der Waals surface area contributed by atoms with Crippen molar-refractivity contribution in [2.24, 2.45) is 0 Å². The highest BCUT2D eigenvalue weighted by atomic mass is 32.1. The summed E-state index contributed by atoms with van der Waals surface area (Å²) in [7, 11) is 0. The van der Waals surface area contributed by atoms with Gasteiger partial charge in [-0.2, -0.15) is 11.3 Å². The van der Waals surface area contributed by atoms with Crippen LogP contribution in [0.25, 0.3) is 0 Å². The Labute approximate surface area is 71.1 Å². The Bertz CT molecular complexity index is 191. The Morgan fingerprint density at radius 2 is 0.818 bits per heavy atom. The maximum Gasteiger partial charge on any atom is -0.00934 e. The molecule has 0 fully saturated rings. The zero-order valence-corrected chi connectivity index (χ0v) is 7.00. The first-order chi connectivity index (χ1) is 5.50. The van der Waals surface area contributed by atoms with Gasteiger partial charge >= 0.3 is 0 Å². The van der Waals surface area contributed by atoms with Crippen LogP contribution in [0.5, 0.6) is 0 Å². The van der Waals surface area contributed by atoms with Gasteiger partial charge < -0.3 is 0 Å². The number of hydrogen-bond donors (Lipinski definition) is 0. The highest BCUT2D eigenvalue weighted by Crippen LogP contribution is 1.91. The highest BCUT2D eigenvalue weighted by molar-refractivity contribution is 7.07. The number of rotatable bonds is 0. The van der Waals surface area contributed by atoms with Gasteiger partial charge in [0.2, 0.25) is 0 Å². The van der Waals surface area contributed by atoms with Gasteiger partial charge in [-0.25, -0.2) is 0 Å². The van der Waals surface area contributed by atoms with E-state index in [9.17, 15) is 0 Å². The van der Waals surface area contributed by atoms with Crippen LogP contribution in [0.1, 0.15) is 0 Å². The van der Waals surface area contributed by atoms with Crippen molar-refractivity contribution < 1.29 is 0 Å². The Balaban J connectivity index is 0.000000112. The minimum Gasteiger partial charge on any atom is -0.152 e. The molecule has 0 radical (unpaired) electrons. The van der Waals surface area contributed by atoms with Gasteiger partial charge in [-0.15, -0.1) is 0 Å². The van der Waals surface area contributed by atoms with E-state index in [0.717, 1.165) is 0 Å². The lowest BCUT2D eigenvalue weighted by Crippen LogP contribution is -1.47. The van der Waals surface area contributed by atoms with Crippen LogP contribution in [-0.4, -0.2) is 0 Å². The standard InChI is InChI=1S/C6H6.C4H4S/c1-2-4-6-5-3-1;1-2-4-5-3-1/h1-6H;1-4H. The second-order valence-corrected chi connectivity index (χ2v) is 2.76. The smallest absolute Gasteiger partial charge is 0.00934 e. The molecule has 0 aliphatic rings. The van der Waals surface area contributed by atoms with E-state index in [0.29, 0.717) is 0 Å². The molecule has 1 aromatic heterocycles. The van der Waals surface area contributed by atoms with Gasteiger partial charge in [0.15, 0.2) is 0 Å². The van der Waals surface area contributed by atoms with E-state index in [2.05, 4.69) is 0 Å². The third kappa shape index (κ3) is 4.34. The minimum absolute atomic E-state index is 1.71. The molecule has 0 aliphatic carbocycles. The zero-order chi connectivity index (χ0) is 7.78. The van der Waals surface area contributed by atoms with Crippen molar-refractivity contribution in [3.05, 3.63) is 59.3 Å². The van der Waals surface area contributed by atoms with Gasteiger partial charge in [-0.05, 0) is 10.8 Å². The first-order valence-corrected chi connectivity index (χ1v) is 4.41. The average molecular weight is 162 g/mol. The van der Waals surface area contributed by atoms with Gasteiger partial charge in [0, 0.05) is 0 Å². The lowest BCUT2D eigenvalue weighted by atomic mass is 10.4. The van der Waals surface area contributed by atoms with Gasteiger partial charge in [-0.3, -0.25) is 0 Å². The molecule has 56 valence electrons. The van der Waals surface area contributed by atoms with E-state index in [-0.39, 0.29) is 0 Å². The summed E-state index contributed by atoms with van der Waals surface area (Å²) in [5.41, 5.74) is 0. The molecule has 11 heavy (non-hydrogen) atoms. The molecule has 0 bridgehead atoms. The largest absolute Gasteiger partial charge is 0.152 e. The van der Waals surface area contributed by atoms with E-state index in [1.54, 1.807) is 11.3 Å². The summed E-state index contributed by atoms with van der Waals surface area (Å²) in [5.74, 6) is 0. The molecule has 0 nitrogen and oxygen atoms in total. The summed E-state index contributed by atoms with van der Waals surface area (Å²) in [5, 5.41) is 4.08. The quantitative estimate of drug-likeness (QED) is 0.556. The molecule has 2 rings (SSSR count). The molecule has 0 unspecified atom stereocenters. The van der Waals surface area contributed by atoms with Crippen LogP contribution in [0.2, 0.25) is 0 Å². The molecule has 0 saturated carbocycles. The van der Waals surface area contributed by atoms with Crippen molar-refractivity contribution in [2.75, 3.05) is 0 Å². The molecule has 0 spiro atoms. The van der Waals surface area contributed by atoms with Crippen molar-refractivity contribution in [3.8, 4) is 0 Å². The number of thiophene rings is 1. The normalized spacial score (nSPS) is 8.00. The Kier molecular flexibility index (Phi) is 4.15. The molecule has 1 heterocycles. The minimum atomic E-state index is 1.71. The molecule has 0 N–H and O–H groups in total. The predicted octanol–water partition coefficient (Wildman–Crippen LogP) is 3.43. The van der Waals surface area contributed by atoms with Gasteiger partial charge in [-0.1, -0.05) is 48.5 Å². The van der Waals surface area contributed by atoms with Crippen LogP contribution in [0.4, 0.5) is 0 Å². The molecule has 0 amide bonds. The lowest BCUT2D eigenvalue weighted by Gasteiger charge is -1.69. The summed E-state index contributed by atoms with van der Waals surface area (Å²) in [6, 6.07) is 16.0. The first kappa shape index (κ1) is 8.02. The molecule has 2 aromatic rings. The van der Waals surface area contributed by atoms with Crippen molar-refractivity contribution in [1.82, 2.24) is 0 Å². The highest BCUT2D eigenvalue weighted by Gasteiger charge is 1.58. The third-order valence-corrected chi connectivity index (χ3v) is 1.72. The fourth-order valence-corrected chi connectivity index (χ4v) is 1.07. The Morgan fingerprint density at radius 1 is 0.455 bits per heavy atom. The monoisotopic (exact) mass is 162 g/mol. The van der Waals surface area contributed by atoms with E-state index < -0.39 is 0 Å². The van der Waals surface area contributed by atoms with Crippen molar-refractivity contribution in [2.45, 2.75) is 0 Å². The Hall–Kier alpha value is -1.08. The van der Waals surface area contributed by atoms with E-state index in [1.165, 1.54) is 0 Å². The fraction of sp³-hybridized carbons (Fsp3) is 0. The fourth-order valence-electron chi connectivity index (χ4n) is 0.612. The van der Waals surface area contributed by atoms with Crippen LogP contribution >= 0.6 is 11.3 Å². The van der Waals surface area contributed by atoms with Crippen molar-refractivity contribution in [3.63, 3.8) is 0 Å². The summed E-state index contributed by atoms with van der Waals surface area (Å²) < 4.78 is 0. The summed E-state index contributed by atoms with van der Waals surface area (Å²) in [6.45, 7) is 0. The average Bonchev–Trinajstić information content (AvgIpc) is 2.64. The van der Waals surface area contributed by atoms with Crippen LogP contribution in [0, 0.1) is 0 Å². The SMILES string of the molecule is c1ccccc1.c1ccsc1. The molecule has 0 atom stereocenters. The predicted molar refractivity (Wildman–Crippen MR) is 50.8 cm³/mol. The van der Waals surface area contributed by atoms with Gasteiger partial charge in [0.05, 0.1) is 0 Å². The van der Waals surface area contributed by atoms with Gasteiger partial charge in [0.25, 0.3) is 0 Å². The first-order valence-electron chi connectivity index (χ1n) is 3.47. The molecular weight excluding hydrogens is 152 g/mol.